The second-order valence-electron chi connectivity index (χ2n) is 4.32. The third kappa shape index (κ3) is 3.98. The van der Waals surface area contributed by atoms with Crippen LogP contribution in [0, 0.1) is 3.77 Å². The van der Waals surface area contributed by atoms with Crippen molar-refractivity contribution in [3.05, 3.63) is 51.5 Å². The molecule has 0 aliphatic heterocycles. The Morgan fingerprint density at radius 2 is 1.95 bits per heavy atom. The van der Waals surface area contributed by atoms with E-state index in [1.807, 2.05) is 24.3 Å². The molecule has 2 rings (SSSR count). The van der Waals surface area contributed by atoms with Gasteiger partial charge in [-0.2, -0.15) is 0 Å². The average molecular weight is 371 g/mol. The maximum absolute atomic E-state index is 5.55. The number of ether oxygens (including phenoxy) is 1. The zero-order valence-corrected chi connectivity index (χ0v) is 13.3. The van der Waals surface area contributed by atoms with Crippen molar-refractivity contribution in [3.63, 3.8) is 0 Å². The van der Waals surface area contributed by atoms with Crippen LogP contribution in [-0.2, 0) is 6.54 Å². The highest BCUT2D eigenvalue weighted by molar-refractivity contribution is 14.1. The predicted octanol–water partition coefficient (Wildman–Crippen LogP) is 4.13. The average Bonchev–Trinajstić information content (AvgIpc) is 2.86. The summed E-state index contributed by atoms with van der Waals surface area (Å²) in [7, 11) is 1.68. The minimum Gasteiger partial charge on any atom is -0.497 e. The summed E-state index contributed by atoms with van der Waals surface area (Å²) < 4.78 is 11.7. The molecule has 1 N–H and O–H groups in total. The van der Waals surface area contributed by atoms with Crippen molar-refractivity contribution < 1.29 is 9.15 Å². The molecule has 1 aromatic heterocycles. The topological polar surface area (TPSA) is 34.4 Å². The highest BCUT2D eigenvalue weighted by Crippen LogP contribution is 2.21. The number of halogens is 1. The number of furan rings is 1. The monoisotopic (exact) mass is 371 g/mol. The van der Waals surface area contributed by atoms with Gasteiger partial charge in [-0.3, -0.25) is 0 Å². The molecule has 1 heterocycles. The smallest absolute Gasteiger partial charge is 0.164 e. The summed E-state index contributed by atoms with van der Waals surface area (Å²) in [4.78, 5) is 0. The van der Waals surface area contributed by atoms with E-state index in [4.69, 9.17) is 9.15 Å². The molecule has 0 amide bonds. The molecule has 1 aromatic carbocycles. The Labute approximate surface area is 127 Å². The van der Waals surface area contributed by atoms with Crippen molar-refractivity contribution in [2.24, 2.45) is 0 Å². The number of methoxy groups -OCH3 is 1. The van der Waals surface area contributed by atoms with E-state index >= 15 is 0 Å². The largest absolute Gasteiger partial charge is 0.497 e. The summed E-state index contributed by atoms with van der Waals surface area (Å²) in [6.45, 7) is 2.92. The van der Waals surface area contributed by atoms with Crippen molar-refractivity contribution in [1.82, 2.24) is 5.32 Å². The number of benzene rings is 1. The lowest BCUT2D eigenvalue weighted by Crippen LogP contribution is -2.19. The standard InChI is InChI=1S/C15H18INO2/c1-3-14(11-4-6-12(18-2)7-5-11)17-10-13-8-9-15(16)19-13/h4-9,14,17H,3,10H2,1-2H3. The molecule has 3 nitrogen and oxygen atoms in total. The van der Waals surface area contributed by atoms with Crippen LogP contribution in [-0.4, -0.2) is 7.11 Å². The van der Waals surface area contributed by atoms with Crippen LogP contribution >= 0.6 is 22.6 Å². The molecule has 0 radical (unpaired) electrons. The van der Waals surface area contributed by atoms with Gasteiger partial charge in [0.1, 0.15) is 11.5 Å². The normalized spacial score (nSPS) is 12.4. The number of hydrogen-bond donors (Lipinski definition) is 1. The lowest BCUT2D eigenvalue weighted by Gasteiger charge is -2.17. The molecule has 0 saturated carbocycles. The number of rotatable bonds is 6. The predicted molar refractivity (Wildman–Crippen MR) is 84.3 cm³/mol. The Bertz CT molecular complexity index is 507. The van der Waals surface area contributed by atoms with E-state index in [1.54, 1.807) is 7.11 Å². The van der Waals surface area contributed by atoms with E-state index < -0.39 is 0 Å². The van der Waals surface area contributed by atoms with Gasteiger partial charge in [0.05, 0.1) is 13.7 Å². The minimum absolute atomic E-state index is 0.327. The van der Waals surface area contributed by atoms with E-state index in [0.29, 0.717) is 6.04 Å². The highest BCUT2D eigenvalue weighted by atomic mass is 127. The van der Waals surface area contributed by atoms with E-state index in [9.17, 15) is 0 Å². The van der Waals surface area contributed by atoms with Crippen LogP contribution in [0.5, 0.6) is 5.75 Å². The van der Waals surface area contributed by atoms with Gasteiger partial charge in [0.2, 0.25) is 0 Å². The SMILES string of the molecule is CCC(NCc1ccc(I)o1)c1ccc(OC)cc1. The van der Waals surface area contributed by atoms with Gasteiger partial charge in [0, 0.05) is 6.04 Å². The van der Waals surface area contributed by atoms with Gasteiger partial charge >= 0.3 is 0 Å². The molecule has 2 aromatic rings. The van der Waals surface area contributed by atoms with Crippen LogP contribution in [0.1, 0.15) is 30.7 Å². The molecule has 0 spiro atoms. The molecule has 0 aliphatic carbocycles. The third-order valence-corrected chi connectivity index (χ3v) is 3.66. The zero-order chi connectivity index (χ0) is 13.7. The first-order chi connectivity index (χ1) is 9.22. The van der Waals surface area contributed by atoms with Crippen LogP contribution in [0.3, 0.4) is 0 Å². The lowest BCUT2D eigenvalue weighted by atomic mass is 10.0. The van der Waals surface area contributed by atoms with Gasteiger partial charge in [-0.05, 0) is 58.8 Å². The molecule has 0 saturated heterocycles. The highest BCUT2D eigenvalue weighted by Gasteiger charge is 2.10. The van der Waals surface area contributed by atoms with E-state index in [2.05, 4.69) is 47.0 Å². The molecular formula is C15H18INO2. The van der Waals surface area contributed by atoms with Crippen molar-refractivity contribution >= 4 is 22.6 Å². The first-order valence-corrected chi connectivity index (χ1v) is 7.42. The lowest BCUT2D eigenvalue weighted by molar-refractivity contribution is 0.413. The summed E-state index contributed by atoms with van der Waals surface area (Å²) in [5, 5.41) is 3.51. The fraction of sp³-hybridized carbons (Fsp3) is 0.333. The first kappa shape index (κ1) is 14.4. The van der Waals surface area contributed by atoms with Crippen molar-refractivity contribution in [3.8, 4) is 5.75 Å². The summed E-state index contributed by atoms with van der Waals surface area (Å²) in [6.07, 6.45) is 1.03. The van der Waals surface area contributed by atoms with Gasteiger partial charge in [0.25, 0.3) is 0 Å². The van der Waals surface area contributed by atoms with E-state index in [1.165, 1.54) is 5.56 Å². The van der Waals surface area contributed by atoms with Crippen LogP contribution < -0.4 is 10.1 Å². The maximum Gasteiger partial charge on any atom is 0.164 e. The summed E-state index contributed by atoms with van der Waals surface area (Å²) in [5.41, 5.74) is 1.27. The van der Waals surface area contributed by atoms with Crippen LogP contribution in [0.25, 0.3) is 0 Å². The Balaban J connectivity index is 1.98. The van der Waals surface area contributed by atoms with Gasteiger partial charge in [-0.1, -0.05) is 19.1 Å². The second-order valence-corrected chi connectivity index (χ2v) is 5.38. The summed E-state index contributed by atoms with van der Waals surface area (Å²) >= 11 is 2.18. The molecule has 19 heavy (non-hydrogen) atoms. The fourth-order valence-electron chi connectivity index (χ4n) is 2.00. The number of hydrogen-bond acceptors (Lipinski definition) is 3. The van der Waals surface area contributed by atoms with Gasteiger partial charge in [-0.15, -0.1) is 0 Å². The molecule has 102 valence electrons. The van der Waals surface area contributed by atoms with Crippen LogP contribution in [0.2, 0.25) is 0 Å². The van der Waals surface area contributed by atoms with Crippen molar-refractivity contribution in [2.45, 2.75) is 25.9 Å². The van der Waals surface area contributed by atoms with Gasteiger partial charge in [0.15, 0.2) is 3.77 Å². The Kier molecular flexibility index (Phi) is 5.27. The first-order valence-electron chi connectivity index (χ1n) is 6.34. The molecule has 1 unspecified atom stereocenters. The molecule has 0 fully saturated rings. The van der Waals surface area contributed by atoms with Crippen LogP contribution in [0.15, 0.2) is 40.8 Å². The zero-order valence-electron chi connectivity index (χ0n) is 11.2. The van der Waals surface area contributed by atoms with E-state index in [0.717, 1.165) is 28.2 Å². The third-order valence-electron chi connectivity index (χ3n) is 3.08. The molecule has 0 bridgehead atoms. The van der Waals surface area contributed by atoms with Gasteiger partial charge < -0.3 is 14.5 Å². The van der Waals surface area contributed by atoms with Crippen molar-refractivity contribution in [1.29, 1.82) is 0 Å². The summed E-state index contributed by atoms with van der Waals surface area (Å²) in [6, 6.07) is 12.5. The molecular weight excluding hydrogens is 353 g/mol. The fourth-order valence-corrected chi connectivity index (χ4v) is 2.47. The Morgan fingerprint density at radius 3 is 2.47 bits per heavy atom. The Hall–Kier alpha value is -1.01. The quantitative estimate of drug-likeness (QED) is 0.776. The van der Waals surface area contributed by atoms with E-state index in [-0.39, 0.29) is 0 Å². The van der Waals surface area contributed by atoms with Crippen molar-refractivity contribution in [2.75, 3.05) is 7.11 Å². The van der Waals surface area contributed by atoms with Crippen LogP contribution in [0.4, 0.5) is 0 Å². The molecule has 4 heteroatoms. The second kappa shape index (κ2) is 6.96. The Morgan fingerprint density at radius 1 is 1.21 bits per heavy atom. The molecule has 0 aliphatic rings. The number of nitrogens with one attached hydrogen (secondary N) is 1. The maximum atomic E-state index is 5.55. The molecule has 1 atom stereocenters. The summed E-state index contributed by atoms with van der Waals surface area (Å²) in [5.74, 6) is 1.86. The van der Waals surface area contributed by atoms with Gasteiger partial charge in [-0.25, -0.2) is 0 Å². The minimum atomic E-state index is 0.327.